The average molecular weight is 279 g/mol. The summed E-state index contributed by atoms with van der Waals surface area (Å²) in [6.45, 7) is 5.83. The van der Waals surface area contributed by atoms with E-state index in [4.69, 9.17) is 7.85 Å². The highest BCUT2D eigenvalue weighted by Crippen LogP contribution is 2.27. The van der Waals surface area contributed by atoms with Crippen molar-refractivity contribution < 1.29 is 5.11 Å². The molecule has 21 heavy (non-hydrogen) atoms. The van der Waals surface area contributed by atoms with Gasteiger partial charge in [-0.15, -0.1) is 15.0 Å². The van der Waals surface area contributed by atoms with Gasteiger partial charge in [0.05, 0.1) is 7.85 Å². The number of hydrogen-bond donors (Lipinski definition) is 1. The number of phenols is 1. The Morgan fingerprint density at radius 3 is 2.19 bits per heavy atom. The fourth-order valence-corrected chi connectivity index (χ4v) is 2.07. The quantitative estimate of drug-likeness (QED) is 0.733. The molecule has 3 aromatic rings. The van der Waals surface area contributed by atoms with Crippen LogP contribution in [-0.2, 0) is 6.32 Å². The Morgan fingerprint density at radius 1 is 1.10 bits per heavy atom. The summed E-state index contributed by atoms with van der Waals surface area (Å²) < 4.78 is 0. The molecule has 0 amide bonds. The summed E-state index contributed by atoms with van der Waals surface area (Å²) in [6.07, 6.45) is 0.412. The normalized spacial score (nSPS) is 10.2. The number of hydrogen-bond acceptors (Lipinski definition) is 3. The Hall–Kier alpha value is -2.30. The van der Waals surface area contributed by atoms with Crippen LogP contribution in [0.4, 0.5) is 0 Å². The van der Waals surface area contributed by atoms with Crippen molar-refractivity contribution in [2.24, 2.45) is 0 Å². The molecule has 0 saturated carbocycles. The molecule has 0 aliphatic rings. The van der Waals surface area contributed by atoms with E-state index in [2.05, 4.69) is 10.2 Å². The van der Waals surface area contributed by atoms with Crippen LogP contribution < -0.4 is 0 Å². The highest BCUT2D eigenvalue weighted by molar-refractivity contribution is 6.08. The second kappa shape index (κ2) is 6.44. The van der Waals surface area contributed by atoms with Gasteiger partial charge in [-0.05, 0) is 30.7 Å². The maximum absolute atomic E-state index is 10.2. The van der Waals surface area contributed by atoms with Gasteiger partial charge in [-0.25, -0.2) is 0 Å². The van der Waals surface area contributed by atoms with Crippen LogP contribution in [0.3, 0.4) is 0 Å². The van der Waals surface area contributed by atoms with Crippen molar-refractivity contribution >= 4 is 18.9 Å². The second-order valence-corrected chi connectivity index (χ2v) is 4.46. The summed E-state index contributed by atoms with van der Waals surface area (Å²) in [7, 11) is 5.66. The molecule has 0 aliphatic carbocycles. The molecule has 0 bridgehead atoms. The van der Waals surface area contributed by atoms with Crippen LogP contribution in [0, 0.1) is 6.92 Å². The lowest BCUT2D eigenvalue weighted by Crippen LogP contribution is -2.01. The van der Waals surface area contributed by atoms with Crippen molar-refractivity contribution in [3.05, 3.63) is 47.5 Å². The number of aromatic nitrogens is 3. The summed E-state index contributed by atoms with van der Waals surface area (Å²) in [5.41, 5.74) is 3.83. The van der Waals surface area contributed by atoms with Gasteiger partial charge in [0.1, 0.15) is 22.5 Å². The Labute approximate surface area is 125 Å². The Bertz CT molecular complexity index is 719. The maximum Gasteiger partial charge on any atom is 0.146 e. The Kier molecular flexibility index (Phi) is 4.63. The standard InChI is InChI=1S/C14H12BN3O.C2H6/c1-9-6-10(8-15)7-13(14(9)19)18-16-11-4-2-3-5-12(11)17-18;1-2/h2-7,19H,8H2,1H3;1-2H3. The zero-order chi connectivity index (χ0) is 15.4. The van der Waals surface area contributed by atoms with Gasteiger partial charge in [-0.3, -0.25) is 0 Å². The minimum atomic E-state index is 0.178. The van der Waals surface area contributed by atoms with Crippen molar-refractivity contribution in [3.63, 3.8) is 0 Å². The number of phenolic OH excluding ortho intramolecular Hbond substituents is 1. The first kappa shape index (κ1) is 15.1. The number of nitrogens with zero attached hydrogens (tertiary/aromatic N) is 3. The van der Waals surface area contributed by atoms with Gasteiger partial charge >= 0.3 is 0 Å². The topological polar surface area (TPSA) is 50.9 Å². The summed E-state index contributed by atoms with van der Waals surface area (Å²) in [6, 6.07) is 11.2. The third kappa shape index (κ3) is 2.91. The van der Waals surface area contributed by atoms with E-state index in [-0.39, 0.29) is 5.75 Å². The lowest BCUT2D eigenvalue weighted by atomic mass is 9.95. The minimum absolute atomic E-state index is 0.178. The summed E-state index contributed by atoms with van der Waals surface area (Å²) >= 11 is 0. The first-order valence-electron chi connectivity index (χ1n) is 7.04. The molecule has 0 atom stereocenters. The third-order valence-corrected chi connectivity index (χ3v) is 3.08. The zero-order valence-electron chi connectivity index (χ0n) is 12.5. The van der Waals surface area contributed by atoms with Gasteiger partial charge in [0, 0.05) is 0 Å². The number of fused-ring (bicyclic) bond motifs is 1. The molecule has 106 valence electrons. The lowest BCUT2D eigenvalue weighted by Gasteiger charge is -2.08. The zero-order valence-corrected chi connectivity index (χ0v) is 12.5. The first-order valence-corrected chi connectivity index (χ1v) is 7.04. The summed E-state index contributed by atoms with van der Waals surface area (Å²) in [5, 5.41) is 18.9. The van der Waals surface area contributed by atoms with Crippen molar-refractivity contribution in [1.82, 2.24) is 15.0 Å². The molecule has 1 N–H and O–H groups in total. The molecular weight excluding hydrogens is 261 g/mol. The largest absolute Gasteiger partial charge is 0.505 e. The van der Waals surface area contributed by atoms with E-state index in [9.17, 15) is 5.11 Å². The molecule has 0 saturated heterocycles. The van der Waals surface area contributed by atoms with Crippen LogP contribution >= 0.6 is 0 Å². The molecule has 0 spiro atoms. The highest BCUT2D eigenvalue weighted by atomic mass is 16.3. The molecule has 5 heteroatoms. The summed E-state index contributed by atoms with van der Waals surface area (Å²) in [4.78, 5) is 1.45. The number of aryl methyl sites for hydroxylation is 1. The second-order valence-electron chi connectivity index (χ2n) is 4.46. The smallest absolute Gasteiger partial charge is 0.146 e. The van der Waals surface area contributed by atoms with Gasteiger partial charge in [0.25, 0.3) is 0 Å². The van der Waals surface area contributed by atoms with Crippen LogP contribution in [-0.4, -0.2) is 27.9 Å². The predicted molar refractivity (Wildman–Crippen MR) is 86.1 cm³/mol. The van der Waals surface area contributed by atoms with E-state index >= 15 is 0 Å². The van der Waals surface area contributed by atoms with E-state index in [0.29, 0.717) is 12.0 Å². The van der Waals surface area contributed by atoms with Crippen LogP contribution in [0.1, 0.15) is 25.0 Å². The van der Waals surface area contributed by atoms with Crippen molar-refractivity contribution in [2.75, 3.05) is 0 Å². The van der Waals surface area contributed by atoms with Gasteiger partial charge in [-0.2, -0.15) is 0 Å². The van der Waals surface area contributed by atoms with E-state index in [0.717, 1.165) is 22.2 Å². The molecule has 2 radical (unpaired) electrons. The van der Waals surface area contributed by atoms with Crippen LogP contribution in [0.25, 0.3) is 16.7 Å². The fraction of sp³-hybridized carbons (Fsp3) is 0.250. The number of benzene rings is 2. The molecular formula is C16H18BN3O. The van der Waals surface area contributed by atoms with Crippen molar-refractivity contribution in [3.8, 4) is 11.4 Å². The van der Waals surface area contributed by atoms with Crippen molar-refractivity contribution in [1.29, 1.82) is 0 Å². The van der Waals surface area contributed by atoms with Gasteiger partial charge in [-0.1, -0.05) is 43.9 Å². The minimum Gasteiger partial charge on any atom is -0.505 e. The van der Waals surface area contributed by atoms with Crippen LogP contribution in [0.5, 0.6) is 5.75 Å². The lowest BCUT2D eigenvalue weighted by molar-refractivity contribution is 0.463. The Morgan fingerprint density at radius 2 is 1.67 bits per heavy atom. The average Bonchev–Trinajstić information content (AvgIpc) is 2.95. The molecule has 1 aromatic heterocycles. The molecule has 4 nitrogen and oxygen atoms in total. The van der Waals surface area contributed by atoms with Gasteiger partial charge in [0.15, 0.2) is 0 Å². The SMILES string of the molecule is CC.[B]Cc1cc(C)c(O)c(-n2nc3ccccc3n2)c1. The monoisotopic (exact) mass is 279 g/mol. The molecule has 0 fully saturated rings. The summed E-state index contributed by atoms with van der Waals surface area (Å²) in [5.74, 6) is 0.178. The van der Waals surface area contributed by atoms with Gasteiger partial charge in [0.2, 0.25) is 0 Å². The van der Waals surface area contributed by atoms with E-state index in [1.807, 2.05) is 51.1 Å². The van der Waals surface area contributed by atoms with Crippen molar-refractivity contribution in [2.45, 2.75) is 27.1 Å². The maximum atomic E-state index is 10.2. The third-order valence-electron chi connectivity index (χ3n) is 3.08. The number of aromatic hydroxyl groups is 1. The predicted octanol–water partition coefficient (Wildman–Crippen LogP) is 3.13. The van der Waals surface area contributed by atoms with E-state index in [1.54, 1.807) is 6.07 Å². The van der Waals surface area contributed by atoms with E-state index < -0.39 is 0 Å². The van der Waals surface area contributed by atoms with E-state index in [1.165, 1.54) is 4.80 Å². The van der Waals surface area contributed by atoms with Crippen LogP contribution in [0.2, 0.25) is 0 Å². The fourth-order valence-electron chi connectivity index (χ4n) is 2.07. The molecule has 0 aliphatic heterocycles. The number of rotatable bonds is 2. The molecule has 3 rings (SSSR count). The molecule has 2 aromatic carbocycles. The Balaban J connectivity index is 0.000000774. The van der Waals surface area contributed by atoms with Crippen LogP contribution in [0.15, 0.2) is 36.4 Å². The first-order chi connectivity index (χ1) is 10.2. The molecule has 1 heterocycles. The van der Waals surface area contributed by atoms with Gasteiger partial charge < -0.3 is 5.11 Å². The highest BCUT2D eigenvalue weighted by Gasteiger charge is 2.11. The molecule has 0 unspecified atom stereocenters.